The lowest BCUT2D eigenvalue weighted by atomic mass is 10.0. The van der Waals surface area contributed by atoms with Crippen molar-refractivity contribution in [3.63, 3.8) is 0 Å². The number of carbonyl (C=O) groups is 2. The van der Waals surface area contributed by atoms with Crippen molar-refractivity contribution >= 4 is 11.9 Å². The molecule has 1 aliphatic rings. The Balaban J connectivity index is 2.74. The minimum atomic E-state index is -0.509. The van der Waals surface area contributed by atoms with E-state index in [1.807, 2.05) is 27.7 Å². The molecule has 0 aromatic carbocycles. The van der Waals surface area contributed by atoms with Crippen molar-refractivity contribution in [2.45, 2.75) is 52.2 Å². The van der Waals surface area contributed by atoms with E-state index >= 15 is 0 Å². The summed E-state index contributed by atoms with van der Waals surface area (Å²) in [6.45, 7) is 7.43. The van der Waals surface area contributed by atoms with E-state index in [4.69, 9.17) is 4.74 Å². The van der Waals surface area contributed by atoms with Gasteiger partial charge in [0.15, 0.2) is 5.78 Å². The lowest BCUT2D eigenvalue weighted by Crippen LogP contribution is -2.42. The summed E-state index contributed by atoms with van der Waals surface area (Å²) in [7, 11) is 0. The average Bonchev–Trinajstić information content (AvgIpc) is 2.14. The summed E-state index contributed by atoms with van der Waals surface area (Å²) in [5.74, 6) is 0.0617. The van der Waals surface area contributed by atoms with Gasteiger partial charge in [0.2, 0.25) is 0 Å². The van der Waals surface area contributed by atoms with Crippen LogP contribution >= 0.6 is 0 Å². The molecular weight excluding hydrogens is 206 g/mol. The first kappa shape index (κ1) is 12.7. The summed E-state index contributed by atoms with van der Waals surface area (Å²) in [6, 6.07) is -0.0765. The van der Waals surface area contributed by atoms with Crippen molar-refractivity contribution in [1.82, 2.24) is 4.90 Å². The highest BCUT2D eigenvalue weighted by atomic mass is 16.6. The van der Waals surface area contributed by atoms with E-state index in [0.717, 1.165) is 6.42 Å². The zero-order chi connectivity index (χ0) is 12.3. The van der Waals surface area contributed by atoms with Gasteiger partial charge in [-0.15, -0.1) is 0 Å². The van der Waals surface area contributed by atoms with Crippen molar-refractivity contribution in [2.75, 3.05) is 0 Å². The van der Waals surface area contributed by atoms with Crippen LogP contribution in [-0.2, 0) is 9.53 Å². The molecule has 0 radical (unpaired) electrons. The summed E-state index contributed by atoms with van der Waals surface area (Å²) in [5, 5.41) is 0. The number of carbonyl (C=O) groups excluding carboxylic acids is 2. The van der Waals surface area contributed by atoms with Crippen LogP contribution < -0.4 is 0 Å². The number of nitrogens with zero attached hydrogens (tertiary/aromatic N) is 1. The first-order valence-electron chi connectivity index (χ1n) is 5.56. The standard InChI is InChI=1S/C12H19NO3/c1-5-9-8-10(14)6-7-13(9)11(15)16-12(2,3)4/h6-7,9H,5,8H2,1-4H3. The molecule has 1 unspecified atom stereocenters. The fourth-order valence-corrected chi connectivity index (χ4v) is 1.55. The molecule has 4 nitrogen and oxygen atoms in total. The fraction of sp³-hybridized carbons (Fsp3) is 0.667. The maximum absolute atomic E-state index is 11.8. The second kappa shape index (κ2) is 4.68. The Hall–Kier alpha value is -1.32. The van der Waals surface area contributed by atoms with Gasteiger partial charge in [-0.2, -0.15) is 0 Å². The Morgan fingerprint density at radius 3 is 2.69 bits per heavy atom. The monoisotopic (exact) mass is 225 g/mol. The molecule has 0 bridgehead atoms. The predicted molar refractivity (Wildman–Crippen MR) is 60.9 cm³/mol. The second-order valence-corrected chi connectivity index (χ2v) is 4.94. The highest BCUT2D eigenvalue weighted by Gasteiger charge is 2.29. The van der Waals surface area contributed by atoms with Crippen molar-refractivity contribution in [3.05, 3.63) is 12.3 Å². The maximum atomic E-state index is 11.8. The lowest BCUT2D eigenvalue weighted by molar-refractivity contribution is -0.116. The Bertz CT molecular complexity index is 315. The van der Waals surface area contributed by atoms with Crippen LogP contribution in [0.2, 0.25) is 0 Å². The summed E-state index contributed by atoms with van der Waals surface area (Å²) >= 11 is 0. The molecule has 1 atom stereocenters. The highest BCUT2D eigenvalue weighted by Crippen LogP contribution is 2.19. The van der Waals surface area contributed by atoms with Crippen LogP contribution in [0, 0.1) is 0 Å². The zero-order valence-corrected chi connectivity index (χ0v) is 10.3. The maximum Gasteiger partial charge on any atom is 0.414 e. The van der Waals surface area contributed by atoms with Gasteiger partial charge in [-0.1, -0.05) is 6.92 Å². The Kier molecular flexibility index (Phi) is 3.73. The molecule has 4 heteroatoms. The molecule has 1 amide bonds. The van der Waals surface area contributed by atoms with Crippen LogP contribution in [0.25, 0.3) is 0 Å². The average molecular weight is 225 g/mol. The number of allylic oxidation sites excluding steroid dienone is 1. The summed E-state index contributed by atoms with van der Waals surface area (Å²) < 4.78 is 5.27. The molecule has 90 valence electrons. The van der Waals surface area contributed by atoms with Crippen LogP contribution in [-0.4, -0.2) is 28.4 Å². The van der Waals surface area contributed by atoms with Gasteiger partial charge in [-0.25, -0.2) is 4.79 Å². The first-order chi connectivity index (χ1) is 7.33. The molecule has 1 heterocycles. The summed E-state index contributed by atoms with van der Waals surface area (Å²) in [6.07, 6.45) is 3.69. The lowest BCUT2D eigenvalue weighted by Gasteiger charge is -2.32. The molecule has 0 aromatic rings. The number of hydrogen-bond acceptors (Lipinski definition) is 3. The molecule has 0 spiro atoms. The van der Waals surface area contributed by atoms with Gasteiger partial charge >= 0.3 is 6.09 Å². The third-order valence-electron chi connectivity index (χ3n) is 2.33. The van der Waals surface area contributed by atoms with Gasteiger partial charge in [0, 0.05) is 18.7 Å². The van der Waals surface area contributed by atoms with Gasteiger partial charge in [-0.3, -0.25) is 9.69 Å². The van der Waals surface area contributed by atoms with E-state index in [1.165, 1.54) is 17.2 Å². The van der Waals surface area contributed by atoms with Crippen LogP contribution in [0.4, 0.5) is 4.79 Å². The normalized spacial score (nSPS) is 21.1. The molecule has 16 heavy (non-hydrogen) atoms. The molecule has 0 fully saturated rings. The predicted octanol–water partition coefficient (Wildman–Crippen LogP) is 2.49. The quantitative estimate of drug-likeness (QED) is 0.688. The van der Waals surface area contributed by atoms with E-state index in [9.17, 15) is 9.59 Å². The molecule has 0 saturated heterocycles. The molecule has 0 N–H and O–H groups in total. The van der Waals surface area contributed by atoms with Crippen LogP contribution in [0.3, 0.4) is 0 Å². The Morgan fingerprint density at radius 2 is 2.19 bits per heavy atom. The van der Waals surface area contributed by atoms with Crippen molar-refractivity contribution in [3.8, 4) is 0 Å². The largest absolute Gasteiger partial charge is 0.443 e. The molecule has 1 rings (SSSR count). The minimum absolute atomic E-state index is 0.0617. The third-order valence-corrected chi connectivity index (χ3v) is 2.33. The van der Waals surface area contributed by atoms with E-state index in [-0.39, 0.29) is 17.9 Å². The van der Waals surface area contributed by atoms with Crippen molar-refractivity contribution < 1.29 is 14.3 Å². The second-order valence-electron chi connectivity index (χ2n) is 4.94. The van der Waals surface area contributed by atoms with Crippen LogP contribution in [0.5, 0.6) is 0 Å². The number of amides is 1. The SMILES string of the molecule is CCC1CC(=O)C=CN1C(=O)OC(C)(C)C. The highest BCUT2D eigenvalue weighted by molar-refractivity contribution is 5.92. The number of rotatable bonds is 1. The summed E-state index contributed by atoms with van der Waals surface area (Å²) in [4.78, 5) is 24.6. The van der Waals surface area contributed by atoms with Crippen molar-refractivity contribution in [1.29, 1.82) is 0 Å². The molecule has 0 aromatic heterocycles. The van der Waals surface area contributed by atoms with E-state index in [1.54, 1.807) is 0 Å². The van der Waals surface area contributed by atoms with Gasteiger partial charge in [-0.05, 0) is 33.3 Å². The number of ether oxygens (including phenoxy) is 1. The topological polar surface area (TPSA) is 46.6 Å². The summed E-state index contributed by atoms with van der Waals surface area (Å²) in [5.41, 5.74) is -0.509. The molecule has 0 saturated carbocycles. The van der Waals surface area contributed by atoms with Gasteiger partial charge in [0.1, 0.15) is 5.60 Å². The van der Waals surface area contributed by atoms with Crippen LogP contribution in [0.15, 0.2) is 12.3 Å². The van der Waals surface area contributed by atoms with Gasteiger partial charge in [0.25, 0.3) is 0 Å². The minimum Gasteiger partial charge on any atom is -0.443 e. The van der Waals surface area contributed by atoms with Crippen LogP contribution in [0.1, 0.15) is 40.5 Å². The zero-order valence-electron chi connectivity index (χ0n) is 10.3. The van der Waals surface area contributed by atoms with E-state index in [0.29, 0.717) is 6.42 Å². The Labute approximate surface area is 96.3 Å². The fourth-order valence-electron chi connectivity index (χ4n) is 1.55. The van der Waals surface area contributed by atoms with E-state index < -0.39 is 5.60 Å². The first-order valence-corrected chi connectivity index (χ1v) is 5.56. The molecular formula is C12H19NO3. The van der Waals surface area contributed by atoms with Gasteiger partial charge in [0.05, 0.1) is 0 Å². The Morgan fingerprint density at radius 1 is 1.56 bits per heavy atom. The van der Waals surface area contributed by atoms with E-state index in [2.05, 4.69) is 0 Å². The number of ketones is 1. The third kappa shape index (κ3) is 3.36. The van der Waals surface area contributed by atoms with Crippen molar-refractivity contribution in [2.24, 2.45) is 0 Å². The molecule has 1 aliphatic heterocycles. The van der Waals surface area contributed by atoms with Gasteiger partial charge < -0.3 is 4.74 Å². The smallest absolute Gasteiger partial charge is 0.414 e. The molecule has 0 aliphatic carbocycles. The number of hydrogen-bond donors (Lipinski definition) is 0.